The molecule has 170 valence electrons. The average Bonchev–Trinajstić information content (AvgIpc) is 2.78. The van der Waals surface area contributed by atoms with E-state index in [2.05, 4.69) is 23.7 Å². The molecule has 0 radical (unpaired) electrons. The third-order valence-corrected chi connectivity index (χ3v) is 6.36. The molecule has 0 aromatic heterocycles. The zero-order valence-electron chi connectivity index (χ0n) is 18.8. The van der Waals surface area contributed by atoms with Crippen LogP contribution >= 0.6 is 11.6 Å². The van der Waals surface area contributed by atoms with E-state index < -0.39 is 5.60 Å². The number of likely N-dealkylation sites (tertiary alicyclic amines) is 1. The van der Waals surface area contributed by atoms with Crippen LogP contribution in [0.5, 0.6) is 0 Å². The Labute approximate surface area is 196 Å². The smallest absolute Gasteiger partial charge is 0.192 e. The van der Waals surface area contributed by atoms with Crippen molar-refractivity contribution in [3.63, 3.8) is 0 Å². The molecule has 32 heavy (non-hydrogen) atoms. The van der Waals surface area contributed by atoms with Gasteiger partial charge in [-0.15, -0.1) is 0 Å². The van der Waals surface area contributed by atoms with Crippen molar-refractivity contribution in [3.05, 3.63) is 64.7 Å². The van der Waals surface area contributed by atoms with Crippen molar-refractivity contribution >= 4 is 23.2 Å². The second-order valence-electron chi connectivity index (χ2n) is 8.35. The first kappa shape index (κ1) is 24.1. The van der Waals surface area contributed by atoms with Crippen LogP contribution in [0.1, 0.15) is 50.2 Å². The molecule has 0 aliphatic carbocycles. The molecule has 5 nitrogen and oxygen atoms in total. The van der Waals surface area contributed by atoms with E-state index in [1.54, 1.807) is 0 Å². The van der Waals surface area contributed by atoms with Gasteiger partial charge in [0.25, 0.3) is 0 Å². The highest BCUT2D eigenvalue weighted by Gasteiger charge is 2.35. The molecule has 1 saturated heterocycles. The minimum atomic E-state index is -0.846. The lowest BCUT2D eigenvalue weighted by Crippen LogP contribution is -2.43. The minimum absolute atomic E-state index is 0.0606. The predicted octanol–water partition coefficient (Wildman–Crippen LogP) is 4.57. The first-order chi connectivity index (χ1) is 15.4. The van der Waals surface area contributed by atoms with Crippen LogP contribution in [0, 0.1) is 17.3 Å². The second-order valence-corrected chi connectivity index (χ2v) is 8.75. The molecule has 0 amide bonds. The van der Waals surface area contributed by atoms with Gasteiger partial charge in [0.1, 0.15) is 0 Å². The van der Waals surface area contributed by atoms with Crippen molar-refractivity contribution in [2.75, 3.05) is 31.1 Å². The molecule has 0 spiro atoms. The van der Waals surface area contributed by atoms with E-state index in [9.17, 15) is 5.11 Å². The van der Waals surface area contributed by atoms with Crippen LogP contribution in [0.2, 0.25) is 5.02 Å². The van der Waals surface area contributed by atoms with Gasteiger partial charge in [0, 0.05) is 54.4 Å². The number of piperidine rings is 1. The molecule has 0 atom stereocenters. The summed E-state index contributed by atoms with van der Waals surface area (Å²) >= 11 is 6.30. The maximum atomic E-state index is 11.1. The molecule has 0 bridgehead atoms. The van der Waals surface area contributed by atoms with Crippen LogP contribution in [-0.4, -0.2) is 42.1 Å². The lowest BCUT2D eigenvalue weighted by molar-refractivity contribution is -0.0252. The number of hydrogen-bond acceptors (Lipinski definition) is 3. The summed E-state index contributed by atoms with van der Waals surface area (Å²) in [6.45, 7) is 5.38. The van der Waals surface area contributed by atoms with E-state index in [1.165, 1.54) is 0 Å². The van der Waals surface area contributed by atoms with Crippen molar-refractivity contribution < 1.29 is 5.11 Å². The monoisotopic (exact) mass is 452 g/mol. The van der Waals surface area contributed by atoms with Gasteiger partial charge in [0.05, 0.1) is 5.60 Å². The number of anilines is 1. The fourth-order valence-corrected chi connectivity index (χ4v) is 4.40. The van der Waals surface area contributed by atoms with Gasteiger partial charge in [-0.1, -0.05) is 61.1 Å². The van der Waals surface area contributed by atoms with E-state index in [0.29, 0.717) is 17.9 Å². The lowest BCUT2D eigenvalue weighted by Gasteiger charge is -2.38. The molecule has 2 aromatic rings. The fraction of sp³-hybridized carbons (Fsp3) is 0.423. The highest BCUT2D eigenvalue weighted by atomic mass is 35.5. The summed E-state index contributed by atoms with van der Waals surface area (Å²) in [7, 11) is 0. The zero-order chi connectivity index (χ0) is 23.0. The number of unbranched alkanes of at least 4 members (excludes halogenated alkanes) is 1. The topological polar surface area (TPSA) is 76.6 Å². The summed E-state index contributed by atoms with van der Waals surface area (Å²) in [5, 5.41) is 19.5. The third-order valence-electron chi connectivity index (χ3n) is 6.03. The van der Waals surface area contributed by atoms with E-state index >= 15 is 0 Å². The van der Waals surface area contributed by atoms with Gasteiger partial charge in [-0.25, -0.2) is 0 Å². The quantitative estimate of drug-likeness (QED) is 0.327. The molecular weight excluding hydrogens is 420 g/mol. The maximum Gasteiger partial charge on any atom is 0.192 e. The molecule has 0 saturated carbocycles. The number of nitrogens with one attached hydrogen (secondary N) is 1. The summed E-state index contributed by atoms with van der Waals surface area (Å²) in [6, 6.07) is 15.5. The van der Waals surface area contributed by atoms with Gasteiger partial charge < -0.3 is 20.6 Å². The Balaban J connectivity index is 1.53. The van der Waals surface area contributed by atoms with Crippen molar-refractivity contribution in [2.45, 2.75) is 44.6 Å². The van der Waals surface area contributed by atoms with Gasteiger partial charge >= 0.3 is 0 Å². The molecule has 1 aliphatic rings. The Morgan fingerprint density at radius 2 is 1.97 bits per heavy atom. The van der Waals surface area contributed by atoms with Crippen molar-refractivity contribution in [2.24, 2.45) is 5.73 Å². The van der Waals surface area contributed by atoms with Gasteiger partial charge in [-0.05, 0) is 43.5 Å². The predicted molar refractivity (Wildman–Crippen MR) is 133 cm³/mol. The number of benzene rings is 2. The van der Waals surface area contributed by atoms with E-state index in [4.69, 9.17) is 22.7 Å². The number of rotatable bonds is 7. The molecule has 1 fully saturated rings. The Kier molecular flexibility index (Phi) is 8.58. The number of guanidine groups is 1. The molecule has 6 heteroatoms. The van der Waals surface area contributed by atoms with Crippen LogP contribution in [-0.2, 0) is 5.60 Å². The van der Waals surface area contributed by atoms with Crippen LogP contribution < -0.4 is 10.6 Å². The van der Waals surface area contributed by atoms with Gasteiger partial charge in [0.15, 0.2) is 5.96 Å². The molecule has 1 heterocycles. The number of halogens is 1. The summed E-state index contributed by atoms with van der Waals surface area (Å²) in [4.78, 5) is 4.17. The van der Waals surface area contributed by atoms with Crippen molar-refractivity contribution in [3.8, 4) is 11.8 Å². The molecule has 1 aliphatic heterocycles. The number of nitrogens with zero attached hydrogens (tertiary/aromatic N) is 2. The second kappa shape index (κ2) is 11.4. The Morgan fingerprint density at radius 1 is 1.22 bits per heavy atom. The standard InChI is InChI=1S/C26H33ClN4O/c1-2-3-17-31(25(28)29)22-11-8-10-21(20-22)9-6-7-16-30-18-14-26(32,15-19-30)23-12-4-5-13-24(23)27/h4-5,8,10-13,20,32H,2-3,7,14-19H2,1H3,(H3,28,29). The summed E-state index contributed by atoms with van der Waals surface area (Å²) in [5.41, 5.74) is 7.60. The molecule has 4 N–H and O–H groups in total. The first-order valence-electron chi connectivity index (χ1n) is 11.3. The van der Waals surface area contributed by atoms with E-state index in [-0.39, 0.29) is 5.96 Å². The molecular formula is C26H33ClN4O. The Morgan fingerprint density at radius 3 is 2.66 bits per heavy atom. The SMILES string of the molecule is CCCCN(C(=N)N)c1cccc(C#CCCN2CCC(O)(c3ccccc3Cl)CC2)c1. The minimum Gasteiger partial charge on any atom is -0.385 e. The first-order valence-corrected chi connectivity index (χ1v) is 11.7. The van der Waals surface area contributed by atoms with Crippen molar-refractivity contribution in [1.82, 2.24) is 4.90 Å². The number of aliphatic hydroxyl groups is 1. The number of nitrogens with two attached hydrogens (primary N) is 1. The molecule has 3 rings (SSSR count). The van der Waals surface area contributed by atoms with Gasteiger partial charge in [0.2, 0.25) is 0 Å². The fourth-order valence-electron chi connectivity index (χ4n) is 4.09. The van der Waals surface area contributed by atoms with Gasteiger partial charge in [-0.2, -0.15) is 0 Å². The van der Waals surface area contributed by atoms with E-state index in [1.807, 2.05) is 53.4 Å². The average molecular weight is 453 g/mol. The zero-order valence-corrected chi connectivity index (χ0v) is 19.5. The van der Waals surface area contributed by atoms with Crippen LogP contribution in [0.15, 0.2) is 48.5 Å². The lowest BCUT2D eigenvalue weighted by atomic mass is 9.84. The summed E-state index contributed by atoms with van der Waals surface area (Å²) in [5.74, 6) is 6.57. The van der Waals surface area contributed by atoms with Crippen LogP contribution in [0.4, 0.5) is 5.69 Å². The van der Waals surface area contributed by atoms with Crippen molar-refractivity contribution in [1.29, 1.82) is 5.41 Å². The maximum absolute atomic E-state index is 11.1. The Bertz CT molecular complexity index is 973. The third kappa shape index (κ3) is 6.26. The molecule has 0 unspecified atom stereocenters. The molecule has 2 aromatic carbocycles. The van der Waals surface area contributed by atoms with Gasteiger partial charge in [-0.3, -0.25) is 5.41 Å². The highest BCUT2D eigenvalue weighted by molar-refractivity contribution is 6.31. The summed E-state index contributed by atoms with van der Waals surface area (Å²) in [6.07, 6.45) is 4.14. The Hall–Kier alpha value is -2.52. The van der Waals surface area contributed by atoms with Crippen LogP contribution in [0.3, 0.4) is 0 Å². The summed E-state index contributed by atoms with van der Waals surface area (Å²) < 4.78 is 0. The largest absolute Gasteiger partial charge is 0.385 e. The number of hydrogen-bond donors (Lipinski definition) is 3. The van der Waals surface area contributed by atoms with E-state index in [0.717, 1.165) is 62.3 Å². The highest BCUT2D eigenvalue weighted by Crippen LogP contribution is 2.36. The van der Waals surface area contributed by atoms with Crippen LogP contribution in [0.25, 0.3) is 0 Å². The normalized spacial score (nSPS) is 15.6.